The first-order valence-corrected chi connectivity index (χ1v) is 5.77. The molecule has 5 heteroatoms. The van der Waals surface area contributed by atoms with E-state index in [9.17, 15) is 4.79 Å². The highest BCUT2D eigenvalue weighted by atomic mass is 16.5. The predicted molar refractivity (Wildman–Crippen MR) is 60.9 cm³/mol. The minimum Gasteiger partial charge on any atom is -0.373 e. The molecule has 4 N–H and O–H groups in total. The summed E-state index contributed by atoms with van der Waals surface area (Å²) in [5.74, 6) is -0.00210. The third-order valence-electron chi connectivity index (χ3n) is 3.83. The van der Waals surface area contributed by atoms with Gasteiger partial charge in [-0.2, -0.15) is 0 Å². The van der Waals surface area contributed by atoms with Crippen LogP contribution in [0.2, 0.25) is 0 Å². The van der Waals surface area contributed by atoms with Crippen LogP contribution in [0.15, 0.2) is 0 Å². The van der Waals surface area contributed by atoms with Gasteiger partial charge in [0.15, 0.2) is 0 Å². The van der Waals surface area contributed by atoms with Crippen LogP contribution in [0.25, 0.3) is 0 Å². The number of hydrogen-bond acceptors (Lipinski definition) is 4. The highest BCUT2D eigenvalue weighted by Gasteiger charge is 2.61. The molecule has 0 aromatic carbocycles. The molecule has 0 aromatic rings. The van der Waals surface area contributed by atoms with Crippen molar-refractivity contribution in [2.75, 3.05) is 20.2 Å². The van der Waals surface area contributed by atoms with Gasteiger partial charge < -0.3 is 21.1 Å². The van der Waals surface area contributed by atoms with E-state index in [1.807, 2.05) is 0 Å². The second-order valence-corrected chi connectivity index (χ2v) is 5.45. The molecule has 1 saturated carbocycles. The highest BCUT2D eigenvalue weighted by Crippen LogP contribution is 2.46. The molecule has 1 saturated heterocycles. The van der Waals surface area contributed by atoms with Gasteiger partial charge in [0.2, 0.25) is 5.91 Å². The van der Waals surface area contributed by atoms with Gasteiger partial charge in [0.1, 0.15) is 5.54 Å². The molecule has 0 bridgehead atoms. The number of rotatable bonds is 3. The van der Waals surface area contributed by atoms with E-state index in [-0.39, 0.29) is 23.5 Å². The van der Waals surface area contributed by atoms with Crippen LogP contribution in [0.3, 0.4) is 0 Å². The lowest BCUT2D eigenvalue weighted by Gasteiger charge is -2.36. The van der Waals surface area contributed by atoms with Gasteiger partial charge in [-0.15, -0.1) is 0 Å². The van der Waals surface area contributed by atoms with Crippen molar-refractivity contribution in [1.29, 1.82) is 0 Å². The van der Waals surface area contributed by atoms with Crippen LogP contribution in [0.5, 0.6) is 0 Å². The standard InChI is InChI=1S/C11H21N3O2/c1-10(2)6-14-8(5-16-10)7-4-11(7,13-3)9(12)15/h7-8,13-14H,4-6H2,1-3H3,(H2,12,15). The molecule has 1 heterocycles. The molecule has 3 unspecified atom stereocenters. The molecule has 0 radical (unpaired) electrons. The average Bonchev–Trinajstić information content (AvgIpc) is 2.93. The van der Waals surface area contributed by atoms with E-state index in [2.05, 4.69) is 24.5 Å². The van der Waals surface area contributed by atoms with Gasteiger partial charge in [-0.3, -0.25) is 4.79 Å². The molecule has 1 amide bonds. The van der Waals surface area contributed by atoms with Crippen molar-refractivity contribution in [2.45, 2.75) is 37.5 Å². The van der Waals surface area contributed by atoms with Crippen LogP contribution < -0.4 is 16.4 Å². The highest BCUT2D eigenvalue weighted by molar-refractivity contribution is 5.88. The van der Waals surface area contributed by atoms with Gasteiger partial charge >= 0.3 is 0 Å². The maximum atomic E-state index is 11.4. The number of primary amides is 1. The smallest absolute Gasteiger partial charge is 0.238 e. The van der Waals surface area contributed by atoms with Gasteiger partial charge in [-0.05, 0) is 27.3 Å². The minimum absolute atomic E-state index is 0.111. The van der Waals surface area contributed by atoms with Gasteiger partial charge in [-0.1, -0.05) is 0 Å². The maximum Gasteiger partial charge on any atom is 0.238 e. The Morgan fingerprint density at radius 3 is 2.62 bits per heavy atom. The van der Waals surface area contributed by atoms with Crippen LogP contribution in [0.4, 0.5) is 0 Å². The summed E-state index contributed by atoms with van der Waals surface area (Å²) in [5.41, 5.74) is 4.80. The molecule has 2 fully saturated rings. The third-order valence-corrected chi connectivity index (χ3v) is 3.83. The molecular weight excluding hydrogens is 206 g/mol. The summed E-state index contributed by atoms with van der Waals surface area (Å²) >= 11 is 0. The van der Waals surface area contributed by atoms with E-state index in [1.165, 1.54) is 0 Å². The van der Waals surface area contributed by atoms with Crippen LogP contribution in [0, 0.1) is 5.92 Å². The average molecular weight is 227 g/mol. The largest absolute Gasteiger partial charge is 0.373 e. The van der Waals surface area contributed by atoms with Gasteiger partial charge in [0.05, 0.1) is 12.2 Å². The zero-order chi connectivity index (χ0) is 12.0. The molecular formula is C11H21N3O2. The van der Waals surface area contributed by atoms with Crippen molar-refractivity contribution >= 4 is 5.91 Å². The summed E-state index contributed by atoms with van der Waals surface area (Å²) in [6, 6.07) is 0.230. The fraction of sp³-hybridized carbons (Fsp3) is 0.909. The third kappa shape index (κ3) is 1.83. The summed E-state index contributed by atoms with van der Waals surface area (Å²) in [4.78, 5) is 11.4. The van der Waals surface area contributed by atoms with Crippen LogP contribution >= 0.6 is 0 Å². The lowest BCUT2D eigenvalue weighted by Crippen LogP contribution is -2.55. The zero-order valence-electron chi connectivity index (χ0n) is 10.2. The SMILES string of the molecule is CNC1(C(N)=O)CC1C1COC(C)(C)CN1. The lowest BCUT2D eigenvalue weighted by atomic mass is 10.0. The van der Waals surface area contributed by atoms with E-state index in [0.29, 0.717) is 6.61 Å². The van der Waals surface area contributed by atoms with Crippen LogP contribution in [-0.4, -0.2) is 43.3 Å². The van der Waals surface area contributed by atoms with E-state index in [0.717, 1.165) is 13.0 Å². The van der Waals surface area contributed by atoms with E-state index in [1.54, 1.807) is 7.05 Å². The molecule has 1 aliphatic heterocycles. The van der Waals surface area contributed by atoms with Crippen molar-refractivity contribution in [3.8, 4) is 0 Å². The Bertz CT molecular complexity index is 296. The number of amides is 1. The molecule has 2 rings (SSSR count). The topological polar surface area (TPSA) is 76.4 Å². The number of ether oxygens (including phenoxy) is 1. The molecule has 5 nitrogen and oxygen atoms in total. The Kier molecular flexibility index (Phi) is 2.72. The Balaban J connectivity index is 1.95. The second kappa shape index (κ2) is 3.68. The maximum absolute atomic E-state index is 11.4. The second-order valence-electron chi connectivity index (χ2n) is 5.45. The first-order chi connectivity index (χ1) is 7.41. The van der Waals surface area contributed by atoms with Gasteiger partial charge in [0.25, 0.3) is 0 Å². The summed E-state index contributed by atoms with van der Waals surface area (Å²) in [7, 11) is 1.79. The summed E-state index contributed by atoms with van der Waals surface area (Å²) in [6.45, 7) is 5.58. The fourth-order valence-corrected chi connectivity index (χ4v) is 2.53. The minimum atomic E-state index is -0.511. The number of carbonyl (C=O) groups is 1. The van der Waals surface area contributed by atoms with Crippen molar-refractivity contribution < 1.29 is 9.53 Å². The van der Waals surface area contributed by atoms with E-state index in [4.69, 9.17) is 10.5 Å². The molecule has 0 aromatic heterocycles. The monoisotopic (exact) mass is 227 g/mol. The first kappa shape index (κ1) is 11.8. The van der Waals surface area contributed by atoms with E-state index < -0.39 is 5.54 Å². The number of likely N-dealkylation sites (N-methyl/N-ethyl adjacent to an activating group) is 1. The van der Waals surface area contributed by atoms with Crippen molar-refractivity contribution in [3.63, 3.8) is 0 Å². The Morgan fingerprint density at radius 2 is 2.25 bits per heavy atom. The fourth-order valence-electron chi connectivity index (χ4n) is 2.53. The molecule has 92 valence electrons. The summed E-state index contributed by atoms with van der Waals surface area (Å²) in [5, 5.41) is 6.49. The molecule has 3 atom stereocenters. The van der Waals surface area contributed by atoms with Gasteiger partial charge in [-0.25, -0.2) is 0 Å². The predicted octanol–water partition coefficient (Wildman–Crippen LogP) is -0.783. The first-order valence-electron chi connectivity index (χ1n) is 5.77. The number of morpholine rings is 1. The normalized spacial score (nSPS) is 41.7. The Morgan fingerprint density at radius 1 is 1.56 bits per heavy atom. The Hall–Kier alpha value is -0.650. The summed E-state index contributed by atoms with van der Waals surface area (Å²) < 4.78 is 5.75. The van der Waals surface area contributed by atoms with Crippen molar-refractivity contribution in [1.82, 2.24) is 10.6 Å². The van der Waals surface area contributed by atoms with Gasteiger partial charge in [0, 0.05) is 18.5 Å². The molecule has 2 aliphatic rings. The van der Waals surface area contributed by atoms with Crippen LogP contribution in [-0.2, 0) is 9.53 Å². The van der Waals surface area contributed by atoms with Crippen molar-refractivity contribution in [3.05, 3.63) is 0 Å². The number of nitrogens with one attached hydrogen (secondary N) is 2. The van der Waals surface area contributed by atoms with Crippen molar-refractivity contribution in [2.24, 2.45) is 11.7 Å². The summed E-state index contributed by atoms with van der Waals surface area (Å²) in [6.07, 6.45) is 0.806. The molecule has 16 heavy (non-hydrogen) atoms. The molecule has 1 aliphatic carbocycles. The quantitative estimate of drug-likeness (QED) is 0.591. The number of nitrogens with two attached hydrogens (primary N) is 1. The van der Waals surface area contributed by atoms with Crippen LogP contribution in [0.1, 0.15) is 20.3 Å². The molecule has 0 spiro atoms. The van der Waals surface area contributed by atoms with E-state index >= 15 is 0 Å². The number of carbonyl (C=O) groups excluding carboxylic acids is 1. The Labute approximate surface area is 96.1 Å². The zero-order valence-corrected chi connectivity index (χ0v) is 10.2. The number of hydrogen-bond donors (Lipinski definition) is 3. The lowest BCUT2D eigenvalue weighted by molar-refractivity contribution is -0.121.